The number of aromatic nitrogens is 4. The Morgan fingerprint density at radius 1 is 1.03 bits per heavy atom. The van der Waals surface area contributed by atoms with Gasteiger partial charge in [0.05, 0.1) is 40.2 Å². The summed E-state index contributed by atoms with van der Waals surface area (Å²) in [5.41, 5.74) is 8.92. The van der Waals surface area contributed by atoms with Crippen molar-refractivity contribution in [3.8, 4) is 11.5 Å². The zero-order valence-corrected chi connectivity index (χ0v) is 18.6. The normalized spacial score (nSPS) is 13.1. The fourth-order valence-corrected chi connectivity index (χ4v) is 5.18. The Hall–Kier alpha value is -3.71. The van der Waals surface area contributed by atoms with E-state index in [1.807, 2.05) is 57.8 Å². The second kappa shape index (κ2) is 7.17. The number of carbonyl (C=O) groups is 1. The third kappa shape index (κ3) is 2.97. The average Bonchev–Trinajstić information content (AvgIpc) is 3.55. The van der Waals surface area contributed by atoms with Crippen LogP contribution in [0.1, 0.15) is 32.7 Å². The Labute approximate surface area is 189 Å². The standard InChI is InChI=1S/C25H21N5OS/c1-16-5-8-22(17(2)11-16)30-24(28-9-3-4-10-28)19-13-29(14-21(19)27-30)25(31)18-6-7-20-23(12-18)32-15-26-20/h3-12,15H,13-14H2,1-2H3. The van der Waals surface area contributed by atoms with Crippen molar-refractivity contribution in [2.45, 2.75) is 26.9 Å². The highest BCUT2D eigenvalue weighted by molar-refractivity contribution is 7.16. The van der Waals surface area contributed by atoms with E-state index < -0.39 is 0 Å². The average molecular weight is 440 g/mol. The van der Waals surface area contributed by atoms with E-state index in [9.17, 15) is 4.79 Å². The van der Waals surface area contributed by atoms with Gasteiger partial charge in [-0.3, -0.25) is 4.79 Å². The highest BCUT2D eigenvalue weighted by atomic mass is 32.1. The number of carbonyl (C=O) groups excluding carboxylic acids is 1. The minimum absolute atomic E-state index is 0.0230. The first-order valence-corrected chi connectivity index (χ1v) is 11.4. The molecule has 0 fully saturated rings. The highest BCUT2D eigenvalue weighted by Crippen LogP contribution is 2.32. The first-order valence-electron chi connectivity index (χ1n) is 10.5. The van der Waals surface area contributed by atoms with Crippen molar-refractivity contribution in [3.05, 3.63) is 94.4 Å². The number of hydrogen-bond acceptors (Lipinski definition) is 4. The molecule has 0 radical (unpaired) electrons. The van der Waals surface area contributed by atoms with Crippen LogP contribution < -0.4 is 0 Å². The van der Waals surface area contributed by atoms with Gasteiger partial charge < -0.3 is 9.47 Å². The monoisotopic (exact) mass is 439 g/mol. The van der Waals surface area contributed by atoms with E-state index in [0.29, 0.717) is 18.7 Å². The number of rotatable bonds is 3. The van der Waals surface area contributed by atoms with Gasteiger partial charge in [0, 0.05) is 23.5 Å². The smallest absolute Gasteiger partial charge is 0.254 e. The molecule has 5 aromatic rings. The number of hydrogen-bond donors (Lipinski definition) is 0. The number of aryl methyl sites for hydroxylation is 2. The van der Waals surface area contributed by atoms with Crippen molar-refractivity contribution < 1.29 is 4.79 Å². The predicted octanol–water partition coefficient (Wildman–Crippen LogP) is 5.05. The summed E-state index contributed by atoms with van der Waals surface area (Å²) in [5.74, 6) is 1.01. The topological polar surface area (TPSA) is 56.0 Å². The second-order valence-corrected chi connectivity index (χ2v) is 9.12. The molecule has 0 unspecified atom stereocenters. The molecule has 0 aliphatic carbocycles. The van der Waals surface area contributed by atoms with Crippen LogP contribution in [0.3, 0.4) is 0 Å². The Kier molecular flexibility index (Phi) is 4.26. The summed E-state index contributed by atoms with van der Waals surface area (Å²) in [7, 11) is 0. The summed E-state index contributed by atoms with van der Waals surface area (Å²) >= 11 is 1.55. The third-order valence-corrected chi connectivity index (χ3v) is 6.82. The molecule has 1 amide bonds. The van der Waals surface area contributed by atoms with Gasteiger partial charge in [-0.1, -0.05) is 17.7 Å². The number of nitrogens with zero attached hydrogens (tertiary/aromatic N) is 5. The molecule has 0 spiro atoms. The molecule has 6 nitrogen and oxygen atoms in total. The largest absolute Gasteiger partial charge is 0.328 e. The summed E-state index contributed by atoms with van der Waals surface area (Å²) in [6.45, 7) is 5.24. The summed E-state index contributed by atoms with van der Waals surface area (Å²) in [5, 5.41) is 4.97. The minimum Gasteiger partial charge on any atom is -0.328 e. The van der Waals surface area contributed by atoms with Crippen LogP contribution in [-0.2, 0) is 13.1 Å². The van der Waals surface area contributed by atoms with Crippen LogP contribution in [0.15, 0.2) is 66.4 Å². The van der Waals surface area contributed by atoms with Gasteiger partial charge in [-0.15, -0.1) is 11.3 Å². The van der Waals surface area contributed by atoms with Crippen molar-refractivity contribution in [1.29, 1.82) is 0 Å². The van der Waals surface area contributed by atoms with Gasteiger partial charge in [-0.25, -0.2) is 9.67 Å². The van der Waals surface area contributed by atoms with Gasteiger partial charge in [0.2, 0.25) is 0 Å². The lowest BCUT2D eigenvalue weighted by molar-refractivity contribution is 0.0749. The van der Waals surface area contributed by atoms with Crippen LogP contribution in [0.2, 0.25) is 0 Å². The maximum absolute atomic E-state index is 13.3. The molecule has 1 aliphatic heterocycles. The molecule has 6 rings (SSSR count). The Bertz CT molecular complexity index is 1480. The molecule has 0 saturated carbocycles. The summed E-state index contributed by atoms with van der Waals surface area (Å²) in [4.78, 5) is 19.5. The van der Waals surface area contributed by atoms with Crippen LogP contribution >= 0.6 is 11.3 Å². The molecule has 4 heterocycles. The molecule has 1 aliphatic rings. The first-order chi connectivity index (χ1) is 15.6. The van der Waals surface area contributed by atoms with Crippen LogP contribution in [0.25, 0.3) is 21.7 Å². The summed E-state index contributed by atoms with van der Waals surface area (Å²) in [6.07, 6.45) is 4.05. The van der Waals surface area contributed by atoms with Gasteiger partial charge in [-0.05, 0) is 55.8 Å². The van der Waals surface area contributed by atoms with Crippen molar-refractivity contribution >= 4 is 27.5 Å². The predicted molar refractivity (Wildman–Crippen MR) is 126 cm³/mol. The van der Waals surface area contributed by atoms with E-state index in [2.05, 4.69) is 41.6 Å². The minimum atomic E-state index is 0.0230. The van der Waals surface area contributed by atoms with E-state index in [1.54, 1.807) is 11.3 Å². The van der Waals surface area contributed by atoms with Crippen LogP contribution in [0.5, 0.6) is 0 Å². The summed E-state index contributed by atoms with van der Waals surface area (Å²) < 4.78 is 5.13. The lowest BCUT2D eigenvalue weighted by atomic mass is 10.1. The molecular formula is C25H21N5OS. The molecule has 0 N–H and O–H groups in total. The molecule has 0 atom stereocenters. The maximum Gasteiger partial charge on any atom is 0.254 e. The van der Waals surface area contributed by atoms with Crippen LogP contribution in [0.4, 0.5) is 0 Å². The van der Waals surface area contributed by atoms with E-state index in [-0.39, 0.29) is 5.91 Å². The van der Waals surface area contributed by atoms with Gasteiger partial charge in [-0.2, -0.15) is 5.10 Å². The van der Waals surface area contributed by atoms with Crippen molar-refractivity contribution in [1.82, 2.24) is 24.2 Å². The quantitative estimate of drug-likeness (QED) is 0.395. The van der Waals surface area contributed by atoms with E-state index >= 15 is 0 Å². The van der Waals surface area contributed by atoms with E-state index in [1.165, 1.54) is 11.1 Å². The summed E-state index contributed by atoms with van der Waals surface area (Å²) in [6, 6.07) is 16.1. The zero-order chi connectivity index (χ0) is 21.8. The fraction of sp³-hybridized carbons (Fsp3) is 0.160. The lowest BCUT2D eigenvalue weighted by Gasteiger charge is -2.18. The van der Waals surface area contributed by atoms with Crippen molar-refractivity contribution in [3.63, 3.8) is 0 Å². The number of thiazole rings is 1. The molecule has 3 aromatic heterocycles. The molecular weight excluding hydrogens is 418 g/mol. The second-order valence-electron chi connectivity index (χ2n) is 8.24. The number of benzene rings is 2. The van der Waals surface area contributed by atoms with E-state index in [0.717, 1.165) is 33.0 Å². The number of fused-ring (bicyclic) bond motifs is 2. The Balaban J connectivity index is 1.40. The lowest BCUT2D eigenvalue weighted by Crippen LogP contribution is -2.26. The van der Waals surface area contributed by atoms with Crippen molar-refractivity contribution in [2.75, 3.05) is 0 Å². The molecule has 7 heteroatoms. The molecule has 0 bridgehead atoms. The van der Waals surface area contributed by atoms with Crippen LogP contribution in [0, 0.1) is 13.8 Å². The zero-order valence-electron chi connectivity index (χ0n) is 17.8. The highest BCUT2D eigenvalue weighted by Gasteiger charge is 2.32. The molecule has 0 saturated heterocycles. The van der Waals surface area contributed by atoms with Gasteiger partial charge in [0.15, 0.2) is 0 Å². The van der Waals surface area contributed by atoms with Gasteiger partial charge >= 0.3 is 0 Å². The van der Waals surface area contributed by atoms with Gasteiger partial charge in [0.1, 0.15) is 5.82 Å². The van der Waals surface area contributed by atoms with Crippen LogP contribution in [-0.4, -0.2) is 30.1 Å². The van der Waals surface area contributed by atoms with E-state index in [4.69, 9.17) is 5.10 Å². The first kappa shape index (κ1) is 19.0. The third-order valence-electron chi connectivity index (χ3n) is 6.02. The van der Waals surface area contributed by atoms with Crippen molar-refractivity contribution in [2.24, 2.45) is 0 Å². The molecule has 32 heavy (non-hydrogen) atoms. The van der Waals surface area contributed by atoms with Gasteiger partial charge in [0.25, 0.3) is 5.91 Å². The maximum atomic E-state index is 13.3. The molecule has 2 aromatic carbocycles. The Morgan fingerprint density at radius 3 is 2.69 bits per heavy atom. The SMILES string of the molecule is Cc1ccc(-n2nc3c(c2-n2cccc2)CN(C(=O)c2ccc4ncsc4c2)C3)c(C)c1. The Morgan fingerprint density at radius 2 is 1.88 bits per heavy atom. The number of amides is 1. The molecule has 158 valence electrons. The fourth-order valence-electron chi connectivity index (χ4n) is 4.47.